The predicted octanol–water partition coefficient (Wildman–Crippen LogP) is 3.44. The second-order valence-corrected chi connectivity index (χ2v) is 6.36. The van der Waals surface area contributed by atoms with E-state index in [1.165, 1.54) is 0 Å². The van der Waals surface area contributed by atoms with Gasteiger partial charge in [0.1, 0.15) is 12.4 Å². The third-order valence-corrected chi connectivity index (χ3v) is 3.59. The molecule has 0 radical (unpaired) electrons. The number of ether oxygens (including phenoxy) is 2. The number of esters is 1. The normalized spacial score (nSPS) is 11.4. The van der Waals surface area contributed by atoms with Gasteiger partial charge in [-0.3, -0.25) is 4.98 Å². The molecule has 6 nitrogen and oxygen atoms in total. The average molecular weight is 364 g/mol. The lowest BCUT2D eigenvalue weighted by atomic mass is 10.1. The van der Waals surface area contributed by atoms with Crippen molar-refractivity contribution in [3.8, 4) is 5.75 Å². The van der Waals surface area contributed by atoms with Crippen molar-refractivity contribution in [1.29, 1.82) is 0 Å². The molecule has 0 N–H and O–H groups in total. The van der Waals surface area contributed by atoms with Gasteiger partial charge < -0.3 is 19.7 Å². The van der Waals surface area contributed by atoms with Crippen molar-refractivity contribution in [3.63, 3.8) is 0 Å². The molecule has 0 amide bonds. The highest BCUT2D eigenvalue weighted by molar-refractivity contribution is 6.30. The summed E-state index contributed by atoms with van der Waals surface area (Å²) in [5, 5.41) is 13.2. The van der Waals surface area contributed by atoms with Gasteiger partial charge in [0.15, 0.2) is 5.60 Å². The molecular weight excluding hydrogens is 344 g/mol. The van der Waals surface area contributed by atoms with Crippen molar-refractivity contribution in [2.24, 2.45) is 0 Å². The first kappa shape index (κ1) is 19.2. The number of nitrogens with zero attached hydrogens (tertiary/aromatic N) is 2. The zero-order valence-electron chi connectivity index (χ0n) is 14.1. The van der Waals surface area contributed by atoms with Gasteiger partial charge in [0, 0.05) is 30.5 Å². The molecule has 0 unspecified atom stereocenters. The van der Waals surface area contributed by atoms with E-state index in [1.54, 1.807) is 56.6 Å². The number of aromatic nitrogens is 1. The van der Waals surface area contributed by atoms with E-state index in [9.17, 15) is 10.0 Å². The van der Waals surface area contributed by atoms with Gasteiger partial charge in [0.05, 0.1) is 0 Å². The zero-order chi connectivity index (χ0) is 18.3. The van der Waals surface area contributed by atoms with E-state index in [2.05, 4.69) is 4.98 Å². The lowest BCUT2D eigenvalue weighted by Gasteiger charge is -2.29. The van der Waals surface area contributed by atoms with E-state index in [4.69, 9.17) is 21.1 Å². The molecule has 2 aromatic rings. The highest BCUT2D eigenvalue weighted by atomic mass is 35.5. The summed E-state index contributed by atoms with van der Waals surface area (Å²) in [6.45, 7) is 3.45. The molecule has 2 rings (SSSR count). The average Bonchev–Trinajstić information content (AvgIpc) is 2.57. The zero-order valence-corrected chi connectivity index (χ0v) is 14.9. The van der Waals surface area contributed by atoms with Gasteiger partial charge in [0.2, 0.25) is 0 Å². The molecular formula is C18H20ClN2O4-. The smallest absolute Gasteiger partial charge is 0.349 e. The molecule has 1 aromatic heterocycles. The first-order valence-corrected chi connectivity index (χ1v) is 8.17. The van der Waals surface area contributed by atoms with Gasteiger partial charge >= 0.3 is 5.97 Å². The van der Waals surface area contributed by atoms with Crippen molar-refractivity contribution < 1.29 is 14.3 Å². The number of carbonyl (C=O) groups excluding carboxylic acids is 1. The molecule has 25 heavy (non-hydrogen) atoms. The Morgan fingerprint density at radius 2 is 2.00 bits per heavy atom. The van der Waals surface area contributed by atoms with E-state index < -0.39 is 11.6 Å². The number of hydrogen-bond acceptors (Lipinski definition) is 6. The maximum Gasteiger partial charge on any atom is 0.349 e. The quantitative estimate of drug-likeness (QED) is 0.528. The van der Waals surface area contributed by atoms with Gasteiger partial charge in [0.25, 0.3) is 0 Å². The summed E-state index contributed by atoms with van der Waals surface area (Å²) in [4.78, 5) is 16.1. The molecule has 1 heterocycles. The number of halogens is 1. The van der Waals surface area contributed by atoms with Crippen molar-refractivity contribution in [2.75, 3.05) is 13.2 Å². The minimum Gasteiger partial charge on any atom is -0.785 e. The molecule has 7 heteroatoms. The lowest BCUT2D eigenvalue weighted by molar-refractivity contribution is -0.159. The van der Waals surface area contributed by atoms with Crippen molar-refractivity contribution in [2.45, 2.75) is 26.0 Å². The Balaban J connectivity index is 1.77. The van der Waals surface area contributed by atoms with Gasteiger partial charge in [-0.05, 0) is 49.7 Å². The number of pyridine rings is 1. The Bertz CT molecular complexity index is 677. The van der Waals surface area contributed by atoms with Gasteiger partial charge in [-0.1, -0.05) is 17.7 Å². The van der Waals surface area contributed by atoms with Crippen LogP contribution in [0, 0.1) is 5.21 Å². The van der Waals surface area contributed by atoms with E-state index in [1.807, 2.05) is 6.07 Å². The molecule has 0 fully saturated rings. The number of carbonyl (C=O) groups is 1. The molecule has 0 bridgehead atoms. The summed E-state index contributed by atoms with van der Waals surface area (Å²) in [7, 11) is 0. The molecule has 0 aliphatic carbocycles. The molecule has 0 aliphatic heterocycles. The summed E-state index contributed by atoms with van der Waals surface area (Å²) < 4.78 is 10.8. The Morgan fingerprint density at radius 1 is 1.28 bits per heavy atom. The van der Waals surface area contributed by atoms with Crippen LogP contribution in [0.15, 0.2) is 48.8 Å². The minimum absolute atomic E-state index is 0.0179. The van der Waals surface area contributed by atoms with Crippen LogP contribution in [0.4, 0.5) is 0 Å². The predicted molar refractivity (Wildman–Crippen MR) is 95.1 cm³/mol. The number of hydrogen-bond donors (Lipinski definition) is 0. The van der Waals surface area contributed by atoms with Crippen LogP contribution in [-0.2, 0) is 16.1 Å². The molecule has 0 saturated heterocycles. The van der Waals surface area contributed by atoms with Gasteiger partial charge in [-0.15, -0.1) is 0 Å². The number of rotatable bonds is 8. The topological polar surface area (TPSA) is 74.7 Å². The highest BCUT2D eigenvalue weighted by Crippen LogP contribution is 2.21. The Morgan fingerprint density at radius 3 is 2.64 bits per heavy atom. The summed E-state index contributed by atoms with van der Waals surface area (Å²) >= 11 is 5.82. The number of hydroxylamine groups is 2. The van der Waals surface area contributed by atoms with E-state index in [0.29, 0.717) is 10.8 Å². The van der Waals surface area contributed by atoms with Crippen LogP contribution in [0.2, 0.25) is 5.02 Å². The first-order valence-electron chi connectivity index (χ1n) is 7.79. The standard InChI is InChI=1S/C18H20ClN2O4/c1-18(2,25-16-7-5-15(19)6-8-16)17(22)24-11-10-21(23)13-14-4-3-9-20-12-14/h3-9,12H,10-11,13H2,1-2H3/q-1. The molecule has 0 saturated carbocycles. The Hall–Kier alpha value is -2.15. The van der Waals surface area contributed by atoms with Crippen LogP contribution in [-0.4, -0.2) is 34.8 Å². The summed E-state index contributed by atoms with van der Waals surface area (Å²) in [6, 6.07) is 10.3. The molecule has 0 aliphatic rings. The second kappa shape index (κ2) is 8.80. The van der Waals surface area contributed by atoms with E-state index >= 15 is 0 Å². The molecule has 0 atom stereocenters. The fourth-order valence-corrected chi connectivity index (χ4v) is 2.15. The Labute approximate surface area is 151 Å². The van der Waals surface area contributed by atoms with Crippen LogP contribution >= 0.6 is 11.6 Å². The summed E-state index contributed by atoms with van der Waals surface area (Å²) in [5.41, 5.74) is -0.375. The Kier molecular flexibility index (Phi) is 6.75. The summed E-state index contributed by atoms with van der Waals surface area (Å²) in [5.74, 6) is -0.0365. The third-order valence-electron chi connectivity index (χ3n) is 3.33. The van der Waals surface area contributed by atoms with Gasteiger partial charge in [-0.25, -0.2) is 4.79 Å². The largest absolute Gasteiger partial charge is 0.785 e. The monoisotopic (exact) mass is 363 g/mol. The second-order valence-electron chi connectivity index (χ2n) is 5.93. The molecule has 1 aromatic carbocycles. The maximum atomic E-state index is 12.2. The van der Waals surface area contributed by atoms with Crippen LogP contribution < -0.4 is 4.74 Å². The van der Waals surface area contributed by atoms with Crippen LogP contribution in [0.5, 0.6) is 5.75 Å². The van der Waals surface area contributed by atoms with Crippen molar-refractivity contribution in [1.82, 2.24) is 10.0 Å². The van der Waals surface area contributed by atoms with Crippen molar-refractivity contribution in [3.05, 3.63) is 64.6 Å². The lowest BCUT2D eigenvalue weighted by Crippen LogP contribution is -2.40. The first-order chi connectivity index (χ1) is 11.9. The third kappa shape index (κ3) is 6.34. The van der Waals surface area contributed by atoms with Crippen molar-refractivity contribution >= 4 is 17.6 Å². The fraction of sp³-hybridized carbons (Fsp3) is 0.333. The number of benzene rings is 1. The fourth-order valence-electron chi connectivity index (χ4n) is 2.03. The minimum atomic E-state index is -1.18. The van der Waals surface area contributed by atoms with E-state index in [0.717, 1.165) is 10.6 Å². The molecule has 0 spiro atoms. The van der Waals surface area contributed by atoms with Gasteiger partial charge in [-0.2, -0.15) is 0 Å². The highest BCUT2D eigenvalue weighted by Gasteiger charge is 2.31. The van der Waals surface area contributed by atoms with Crippen LogP contribution in [0.3, 0.4) is 0 Å². The maximum absolute atomic E-state index is 12.2. The van der Waals surface area contributed by atoms with Crippen LogP contribution in [0.1, 0.15) is 19.4 Å². The molecule has 134 valence electrons. The van der Waals surface area contributed by atoms with Crippen LogP contribution in [0.25, 0.3) is 0 Å². The summed E-state index contributed by atoms with van der Waals surface area (Å²) in [6.07, 6.45) is 3.27. The SMILES string of the molecule is CC(C)(Oc1ccc(Cl)cc1)C(=O)OCCN([O-])Cc1cccnc1. The van der Waals surface area contributed by atoms with E-state index in [-0.39, 0.29) is 19.7 Å².